The highest BCUT2D eigenvalue weighted by molar-refractivity contribution is 9.10. The minimum Gasteiger partial charge on any atom is -0.454 e. The normalized spacial score (nSPS) is 13.2. The fourth-order valence-corrected chi connectivity index (χ4v) is 4.66. The highest BCUT2D eigenvalue weighted by Crippen LogP contribution is 2.39. The average Bonchev–Trinajstić information content (AvgIpc) is 3.19. The third-order valence-electron chi connectivity index (χ3n) is 3.36. The van der Waals surface area contributed by atoms with Crippen LogP contribution in [0, 0.1) is 11.3 Å². The zero-order valence-corrected chi connectivity index (χ0v) is 15.4. The molecule has 0 N–H and O–H groups in total. The predicted molar refractivity (Wildman–Crippen MR) is 99.3 cm³/mol. The molecule has 1 aliphatic rings. The quantitative estimate of drug-likeness (QED) is 0.419. The summed E-state index contributed by atoms with van der Waals surface area (Å²) in [6.45, 7) is 0.223. The number of para-hydroxylation sites is 1. The molecule has 4 nitrogen and oxygen atoms in total. The molecule has 0 saturated carbocycles. The van der Waals surface area contributed by atoms with Crippen LogP contribution in [0.4, 0.5) is 0 Å². The van der Waals surface area contributed by atoms with Gasteiger partial charge in [0.1, 0.15) is 6.07 Å². The lowest BCUT2D eigenvalue weighted by Crippen LogP contribution is -1.92. The summed E-state index contributed by atoms with van der Waals surface area (Å²) in [7, 11) is 0. The summed E-state index contributed by atoms with van der Waals surface area (Å²) in [5, 5.41) is 9.47. The van der Waals surface area contributed by atoms with Crippen molar-refractivity contribution in [1.29, 1.82) is 5.26 Å². The Bertz CT molecular complexity index is 974. The summed E-state index contributed by atoms with van der Waals surface area (Å²) in [5.41, 5.74) is 1.82. The molecule has 0 bridgehead atoms. The second kappa shape index (κ2) is 6.48. The molecule has 24 heavy (non-hydrogen) atoms. The van der Waals surface area contributed by atoms with Gasteiger partial charge in [0.15, 0.2) is 15.8 Å². The molecule has 0 radical (unpaired) electrons. The lowest BCUT2D eigenvalue weighted by Gasteiger charge is -2.03. The number of thiazole rings is 1. The standard InChI is InChI=1S/C17H9BrN2O2S2/c18-12-7-15-14(21-9-22-15)6-10(12)5-11(8-19)23-17-20-13-3-1-2-4-16(13)24-17/h1-7H,9H2/b11-5+. The van der Waals surface area contributed by atoms with Crippen LogP contribution >= 0.6 is 39.0 Å². The summed E-state index contributed by atoms with van der Waals surface area (Å²) in [4.78, 5) is 5.12. The Morgan fingerprint density at radius 2 is 2.08 bits per heavy atom. The minimum absolute atomic E-state index is 0.223. The maximum Gasteiger partial charge on any atom is 0.231 e. The van der Waals surface area contributed by atoms with E-state index in [0.29, 0.717) is 16.4 Å². The Labute approximate surface area is 154 Å². The van der Waals surface area contributed by atoms with Gasteiger partial charge in [-0.05, 0) is 47.7 Å². The van der Waals surface area contributed by atoms with Gasteiger partial charge in [-0.15, -0.1) is 11.3 Å². The first-order valence-corrected chi connectivity index (χ1v) is 9.40. The first-order valence-electron chi connectivity index (χ1n) is 6.97. The van der Waals surface area contributed by atoms with Crippen LogP contribution in [-0.2, 0) is 0 Å². The van der Waals surface area contributed by atoms with Crippen molar-refractivity contribution in [3.8, 4) is 17.6 Å². The van der Waals surface area contributed by atoms with Crippen molar-refractivity contribution in [2.45, 2.75) is 4.34 Å². The van der Waals surface area contributed by atoms with Gasteiger partial charge in [0.05, 0.1) is 15.1 Å². The summed E-state index contributed by atoms with van der Waals surface area (Å²) in [6, 6.07) is 13.9. The molecule has 0 saturated heterocycles. The molecule has 2 aromatic carbocycles. The fourth-order valence-electron chi connectivity index (χ4n) is 2.26. The van der Waals surface area contributed by atoms with Gasteiger partial charge in [-0.1, -0.05) is 28.1 Å². The van der Waals surface area contributed by atoms with Crippen LogP contribution in [0.15, 0.2) is 50.1 Å². The molecular weight excluding hydrogens is 408 g/mol. The van der Waals surface area contributed by atoms with Gasteiger partial charge in [0, 0.05) is 4.47 Å². The summed E-state index contributed by atoms with van der Waals surface area (Å²) < 4.78 is 13.6. The lowest BCUT2D eigenvalue weighted by atomic mass is 10.2. The fraction of sp³-hybridized carbons (Fsp3) is 0.0588. The molecule has 3 aromatic rings. The van der Waals surface area contributed by atoms with E-state index in [2.05, 4.69) is 27.0 Å². The number of aromatic nitrogens is 1. The molecule has 0 spiro atoms. The summed E-state index contributed by atoms with van der Waals surface area (Å²) in [6.07, 6.45) is 1.82. The molecular formula is C17H9BrN2O2S2. The molecule has 0 aliphatic carbocycles. The van der Waals surface area contributed by atoms with Crippen molar-refractivity contribution in [2.24, 2.45) is 0 Å². The minimum atomic E-state index is 0.223. The van der Waals surface area contributed by atoms with Gasteiger partial charge >= 0.3 is 0 Å². The van der Waals surface area contributed by atoms with E-state index in [-0.39, 0.29) is 6.79 Å². The van der Waals surface area contributed by atoms with E-state index in [1.54, 1.807) is 11.3 Å². The van der Waals surface area contributed by atoms with Gasteiger partial charge < -0.3 is 9.47 Å². The van der Waals surface area contributed by atoms with Crippen molar-refractivity contribution in [3.05, 3.63) is 51.3 Å². The maximum absolute atomic E-state index is 9.47. The van der Waals surface area contributed by atoms with Crippen molar-refractivity contribution >= 4 is 55.3 Å². The molecule has 1 aliphatic heterocycles. The van der Waals surface area contributed by atoms with Crippen LogP contribution in [0.3, 0.4) is 0 Å². The Balaban J connectivity index is 1.66. The first kappa shape index (κ1) is 15.5. The van der Waals surface area contributed by atoms with Crippen LogP contribution in [0.2, 0.25) is 0 Å². The third-order valence-corrected chi connectivity index (χ3v) is 6.07. The number of nitriles is 1. The van der Waals surface area contributed by atoms with Gasteiger partial charge in [0.25, 0.3) is 0 Å². The number of hydrogen-bond acceptors (Lipinski definition) is 6. The molecule has 7 heteroatoms. The van der Waals surface area contributed by atoms with Gasteiger partial charge in [-0.3, -0.25) is 0 Å². The number of hydrogen-bond donors (Lipinski definition) is 0. The topological polar surface area (TPSA) is 55.1 Å². The second-order valence-corrected chi connectivity index (χ2v) is 8.07. The molecule has 1 aromatic heterocycles. The van der Waals surface area contributed by atoms with E-state index in [1.165, 1.54) is 11.8 Å². The van der Waals surface area contributed by atoms with Crippen molar-refractivity contribution < 1.29 is 9.47 Å². The van der Waals surface area contributed by atoms with E-state index in [4.69, 9.17) is 9.47 Å². The number of benzene rings is 2. The number of nitrogens with zero attached hydrogens (tertiary/aromatic N) is 2. The number of allylic oxidation sites excluding steroid dienone is 1. The van der Waals surface area contributed by atoms with Crippen molar-refractivity contribution in [3.63, 3.8) is 0 Å². The molecule has 4 rings (SSSR count). The highest BCUT2D eigenvalue weighted by Gasteiger charge is 2.16. The van der Waals surface area contributed by atoms with Gasteiger partial charge in [-0.25, -0.2) is 4.98 Å². The molecule has 0 unspecified atom stereocenters. The lowest BCUT2D eigenvalue weighted by molar-refractivity contribution is 0.174. The number of ether oxygens (including phenoxy) is 2. The Hall–Kier alpha value is -2.01. The summed E-state index contributed by atoms with van der Waals surface area (Å²) >= 11 is 6.45. The Morgan fingerprint density at radius 3 is 2.88 bits per heavy atom. The van der Waals surface area contributed by atoms with Gasteiger partial charge in [0.2, 0.25) is 6.79 Å². The predicted octanol–water partition coefficient (Wildman–Crippen LogP) is 5.44. The van der Waals surface area contributed by atoms with E-state index < -0.39 is 0 Å². The van der Waals surface area contributed by atoms with E-state index in [1.807, 2.05) is 42.5 Å². The number of thioether (sulfide) groups is 1. The highest BCUT2D eigenvalue weighted by atomic mass is 79.9. The van der Waals surface area contributed by atoms with Gasteiger partial charge in [-0.2, -0.15) is 5.26 Å². The number of rotatable bonds is 3. The average molecular weight is 417 g/mol. The molecule has 2 heterocycles. The molecule has 0 amide bonds. The second-order valence-electron chi connectivity index (χ2n) is 4.90. The van der Waals surface area contributed by atoms with Crippen molar-refractivity contribution in [1.82, 2.24) is 4.98 Å². The van der Waals surface area contributed by atoms with Crippen LogP contribution in [-0.4, -0.2) is 11.8 Å². The van der Waals surface area contributed by atoms with Crippen LogP contribution < -0.4 is 9.47 Å². The van der Waals surface area contributed by atoms with E-state index in [9.17, 15) is 5.26 Å². The SMILES string of the molecule is N#C/C(=C\c1cc2c(cc1Br)OCO2)Sc1nc2ccccc2s1. The Kier molecular flexibility index (Phi) is 4.19. The van der Waals surface area contributed by atoms with E-state index in [0.717, 1.165) is 24.6 Å². The molecule has 0 fully saturated rings. The molecule has 118 valence electrons. The van der Waals surface area contributed by atoms with E-state index >= 15 is 0 Å². The van der Waals surface area contributed by atoms with Crippen LogP contribution in [0.25, 0.3) is 16.3 Å². The summed E-state index contributed by atoms with van der Waals surface area (Å²) in [5.74, 6) is 1.39. The molecule has 0 atom stereocenters. The largest absolute Gasteiger partial charge is 0.454 e. The zero-order valence-electron chi connectivity index (χ0n) is 12.2. The number of halogens is 1. The monoisotopic (exact) mass is 416 g/mol. The maximum atomic E-state index is 9.47. The van der Waals surface area contributed by atoms with Crippen LogP contribution in [0.1, 0.15) is 5.56 Å². The number of fused-ring (bicyclic) bond motifs is 2. The zero-order chi connectivity index (χ0) is 16.5. The third kappa shape index (κ3) is 3.00. The Morgan fingerprint density at radius 1 is 1.29 bits per heavy atom. The smallest absolute Gasteiger partial charge is 0.231 e. The van der Waals surface area contributed by atoms with Crippen molar-refractivity contribution in [2.75, 3.05) is 6.79 Å². The van der Waals surface area contributed by atoms with Crippen LogP contribution in [0.5, 0.6) is 11.5 Å². The first-order chi connectivity index (χ1) is 11.7.